The summed E-state index contributed by atoms with van der Waals surface area (Å²) in [5.74, 6) is -4.52. The van der Waals surface area contributed by atoms with Crippen molar-refractivity contribution in [1.82, 2.24) is 0 Å². The average Bonchev–Trinajstić information content (AvgIpc) is 2.94. The lowest BCUT2D eigenvalue weighted by Crippen LogP contribution is -2.50. The number of anilines is 2. The van der Waals surface area contributed by atoms with Crippen molar-refractivity contribution in [3.05, 3.63) is 82.2 Å². The lowest BCUT2D eigenvalue weighted by molar-refractivity contribution is -0.348. The van der Waals surface area contributed by atoms with Gasteiger partial charge in [0.15, 0.2) is 5.75 Å². The molecule has 2 amide bonds. The Balaban J connectivity index is 2.13. The van der Waals surface area contributed by atoms with E-state index in [0.29, 0.717) is 0 Å². The maximum Gasteiger partial charge on any atom is 0.435 e. The number of hydrogen-bond donors (Lipinski definition) is 1. The number of benzene rings is 3. The molecule has 0 fully saturated rings. The zero-order valence-corrected chi connectivity index (χ0v) is 23.8. The van der Waals surface area contributed by atoms with Crippen molar-refractivity contribution in [3.63, 3.8) is 0 Å². The van der Waals surface area contributed by atoms with Crippen LogP contribution in [0.4, 0.5) is 55.3 Å². The molecule has 0 unspecified atom stereocenters. The lowest BCUT2D eigenvalue weighted by Gasteiger charge is -2.31. The number of rotatable bonds is 9. The summed E-state index contributed by atoms with van der Waals surface area (Å²) in [6, 6.07) is 7.71. The number of para-hydroxylation sites is 1. The van der Waals surface area contributed by atoms with Crippen LogP contribution in [0.1, 0.15) is 44.3 Å². The Bertz CT molecular complexity index is 1570. The van der Waals surface area contributed by atoms with E-state index in [4.69, 9.17) is 4.74 Å². The maximum atomic E-state index is 14.7. The third-order valence-electron chi connectivity index (χ3n) is 6.65. The number of ether oxygens (including phenoxy) is 2. The second-order valence-electron chi connectivity index (χ2n) is 9.50. The first-order chi connectivity index (χ1) is 20.8. The molecule has 244 valence electrons. The molecule has 0 heterocycles. The third kappa shape index (κ3) is 6.63. The molecule has 0 aliphatic heterocycles. The molecule has 16 heteroatoms. The zero-order chi connectivity index (χ0) is 34.1. The molecular weight excluding hydrogens is 630 g/mol. The fourth-order valence-electron chi connectivity index (χ4n) is 4.48. The molecule has 3 rings (SSSR count). The normalized spacial score (nSPS) is 12.2. The van der Waals surface area contributed by atoms with Crippen LogP contribution in [0.2, 0.25) is 0 Å². The minimum absolute atomic E-state index is 0.0488. The molecular formula is C29H24F10N2O4. The molecule has 0 aliphatic carbocycles. The van der Waals surface area contributed by atoms with E-state index in [2.05, 4.69) is 10.1 Å². The highest BCUT2D eigenvalue weighted by atomic mass is 19.4. The van der Waals surface area contributed by atoms with Gasteiger partial charge in [0.1, 0.15) is 11.6 Å². The summed E-state index contributed by atoms with van der Waals surface area (Å²) < 4.78 is 145. The maximum absolute atomic E-state index is 14.7. The van der Waals surface area contributed by atoms with Gasteiger partial charge in [-0.15, -0.1) is 0 Å². The summed E-state index contributed by atoms with van der Waals surface area (Å²) in [5, 5.41) is 2.07. The molecule has 0 aliphatic rings. The molecule has 6 nitrogen and oxygen atoms in total. The summed E-state index contributed by atoms with van der Waals surface area (Å²) in [7, 11) is 1.10. The Morgan fingerprint density at radius 1 is 0.889 bits per heavy atom. The molecule has 3 aromatic rings. The Morgan fingerprint density at radius 3 is 2.00 bits per heavy atom. The number of nitrogens with one attached hydrogen (secondary N) is 1. The van der Waals surface area contributed by atoms with Crippen molar-refractivity contribution in [2.75, 3.05) is 23.9 Å². The molecule has 0 bridgehead atoms. The number of carbonyl (C=O) groups excluding carboxylic acids is 2. The highest BCUT2D eigenvalue weighted by Crippen LogP contribution is 2.54. The minimum Gasteiger partial charge on any atom is -0.494 e. The molecule has 0 saturated heterocycles. The molecule has 0 spiro atoms. The highest BCUT2D eigenvalue weighted by molar-refractivity contribution is 6.11. The Morgan fingerprint density at radius 2 is 1.47 bits per heavy atom. The van der Waals surface area contributed by atoms with Gasteiger partial charge in [0, 0.05) is 12.1 Å². The van der Waals surface area contributed by atoms with Crippen LogP contribution in [0.3, 0.4) is 0 Å². The second-order valence-corrected chi connectivity index (χ2v) is 9.50. The Labute approximate surface area is 249 Å². The Kier molecular flexibility index (Phi) is 9.99. The number of nitrogens with zero attached hydrogens (tertiary/aromatic N) is 1. The predicted octanol–water partition coefficient (Wildman–Crippen LogP) is 8.26. The molecule has 1 N–H and O–H groups in total. The number of hydrogen-bond acceptors (Lipinski definition) is 4. The zero-order valence-electron chi connectivity index (χ0n) is 23.8. The number of alkyl halides is 9. The van der Waals surface area contributed by atoms with Crippen LogP contribution in [0.5, 0.6) is 11.5 Å². The van der Waals surface area contributed by atoms with Crippen molar-refractivity contribution in [2.45, 2.75) is 45.4 Å². The topological polar surface area (TPSA) is 67.9 Å². The minimum atomic E-state index is -6.55. The van der Waals surface area contributed by atoms with Gasteiger partial charge in [0.2, 0.25) is 0 Å². The SMILES string of the molecule is CCN(C(=O)c1cccc(C)c1F)c1cccc(C(=O)Nc2c(C)cc(C(F)(C(F)(F)F)C(F)(F)F)cc2OC(F)F)c1OC. The Hall–Kier alpha value is -4.50. The van der Waals surface area contributed by atoms with E-state index in [-0.39, 0.29) is 46.8 Å². The monoisotopic (exact) mass is 654 g/mol. The molecule has 0 atom stereocenters. The van der Waals surface area contributed by atoms with Gasteiger partial charge >= 0.3 is 24.6 Å². The molecule has 0 radical (unpaired) electrons. The van der Waals surface area contributed by atoms with E-state index in [1.807, 2.05) is 0 Å². The quantitative estimate of drug-likeness (QED) is 0.236. The van der Waals surface area contributed by atoms with Crippen LogP contribution in [-0.4, -0.2) is 44.4 Å². The van der Waals surface area contributed by atoms with Crippen LogP contribution in [0, 0.1) is 19.7 Å². The van der Waals surface area contributed by atoms with Crippen LogP contribution < -0.4 is 19.7 Å². The van der Waals surface area contributed by atoms with Crippen molar-refractivity contribution in [3.8, 4) is 11.5 Å². The number of amides is 2. The van der Waals surface area contributed by atoms with E-state index in [1.165, 1.54) is 44.2 Å². The summed E-state index contributed by atoms with van der Waals surface area (Å²) in [6.07, 6.45) is -13.1. The van der Waals surface area contributed by atoms with Gasteiger partial charge in [-0.05, 0) is 62.2 Å². The average molecular weight is 655 g/mol. The van der Waals surface area contributed by atoms with Crippen molar-refractivity contribution >= 4 is 23.2 Å². The first-order valence-electron chi connectivity index (χ1n) is 12.8. The van der Waals surface area contributed by atoms with Gasteiger partial charge in [0.25, 0.3) is 11.8 Å². The van der Waals surface area contributed by atoms with Gasteiger partial charge in [0.05, 0.1) is 29.6 Å². The standard InChI is InChI=1S/C29H24F10N2O4/c1-5-41(25(43)17-9-6-8-14(2)21(17)30)19-11-7-10-18(23(19)44-4)24(42)40-22-15(3)12-16(13-20(22)45-26(31)32)27(33,28(34,35)36)29(37,38)39/h6-13,26H,5H2,1-4H3,(H,40,42). The summed E-state index contributed by atoms with van der Waals surface area (Å²) in [6.45, 7) is -0.0847. The van der Waals surface area contributed by atoms with E-state index < -0.39 is 64.8 Å². The summed E-state index contributed by atoms with van der Waals surface area (Å²) in [4.78, 5) is 27.7. The van der Waals surface area contributed by atoms with E-state index in [0.717, 1.165) is 25.0 Å². The first-order valence-corrected chi connectivity index (χ1v) is 12.8. The largest absolute Gasteiger partial charge is 0.494 e. The fraction of sp³-hybridized carbons (Fsp3) is 0.310. The molecule has 45 heavy (non-hydrogen) atoms. The summed E-state index contributed by atoms with van der Waals surface area (Å²) >= 11 is 0. The number of methoxy groups -OCH3 is 1. The van der Waals surface area contributed by atoms with Crippen molar-refractivity contribution in [2.24, 2.45) is 0 Å². The predicted molar refractivity (Wildman–Crippen MR) is 142 cm³/mol. The second kappa shape index (κ2) is 12.9. The number of carbonyl (C=O) groups is 2. The van der Waals surface area contributed by atoms with Gasteiger partial charge in [-0.2, -0.15) is 35.1 Å². The van der Waals surface area contributed by atoms with Crippen molar-refractivity contribution in [1.29, 1.82) is 0 Å². The molecule has 0 saturated carbocycles. The lowest BCUT2D eigenvalue weighted by atomic mass is 9.92. The smallest absolute Gasteiger partial charge is 0.435 e. The van der Waals surface area contributed by atoms with Gasteiger partial charge in [-0.25, -0.2) is 8.78 Å². The number of halogens is 10. The van der Waals surface area contributed by atoms with Gasteiger partial charge < -0.3 is 19.7 Å². The van der Waals surface area contributed by atoms with E-state index >= 15 is 0 Å². The summed E-state index contributed by atoms with van der Waals surface area (Å²) in [5.41, 5.74) is -10.2. The van der Waals surface area contributed by atoms with Crippen LogP contribution in [0.25, 0.3) is 0 Å². The van der Waals surface area contributed by atoms with Crippen LogP contribution in [0.15, 0.2) is 48.5 Å². The van der Waals surface area contributed by atoms with Crippen LogP contribution in [-0.2, 0) is 5.67 Å². The highest BCUT2D eigenvalue weighted by Gasteiger charge is 2.73. The molecule has 3 aromatic carbocycles. The fourth-order valence-corrected chi connectivity index (χ4v) is 4.48. The van der Waals surface area contributed by atoms with E-state index in [1.54, 1.807) is 0 Å². The van der Waals surface area contributed by atoms with E-state index in [9.17, 15) is 53.5 Å². The third-order valence-corrected chi connectivity index (χ3v) is 6.65. The first kappa shape index (κ1) is 35.0. The van der Waals surface area contributed by atoms with Crippen LogP contribution >= 0.6 is 0 Å². The number of aryl methyl sites for hydroxylation is 2. The molecule has 0 aromatic heterocycles. The van der Waals surface area contributed by atoms with Gasteiger partial charge in [-0.3, -0.25) is 9.59 Å². The van der Waals surface area contributed by atoms with Crippen molar-refractivity contribution < 1.29 is 63.0 Å². The van der Waals surface area contributed by atoms with Gasteiger partial charge in [-0.1, -0.05) is 18.2 Å².